The first kappa shape index (κ1) is 27.5. The highest BCUT2D eigenvalue weighted by Crippen LogP contribution is 2.23. The van der Waals surface area contributed by atoms with Crippen molar-refractivity contribution in [3.8, 4) is 5.75 Å². The molecule has 3 rings (SSSR count). The summed E-state index contributed by atoms with van der Waals surface area (Å²) in [5.41, 5.74) is 0.720. The van der Waals surface area contributed by atoms with Gasteiger partial charge in [0, 0.05) is 31.2 Å². The highest BCUT2D eigenvalue weighted by Gasteiger charge is 2.12. The Balaban J connectivity index is 0.00000240. The van der Waals surface area contributed by atoms with E-state index in [4.69, 9.17) is 4.74 Å². The van der Waals surface area contributed by atoms with Crippen molar-refractivity contribution in [1.29, 1.82) is 0 Å². The predicted molar refractivity (Wildman–Crippen MR) is 134 cm³/mol. The second-order valence-corrected chi connectivity index (χ2v) is 7.89. The Kier molecular flexibility index (Phi) is 13.6. The van der Waals surface area contributed by atoms with Gasteiger partial charge in [-0.15, -0.1) is 24.8 Å². The summed E-state index contributed by atoms with van der Waals surface area (Å²) in [6.45, 7) is 3.76. The third-order valence-electron chi connectivity index (χ3n) is 5.74. The molecule has 1 amide bonds. The first-order chi connectivity index (χ1) is 14.3. The van der Waals surface area contributed by atoms with E-state index in [1.165, 1.54) is 32.1 Å². The van der Waals surface area contributed by atoms with Gasteiger partial charge in [-0.1, -0.05) is 31.4 Å². The quantitative estimate of drug-likeness (QED) is 0.416. The third kappa shape index (κ3) is 8.85. The van der Waals surface area contributed by atoms with Crippen LogP contribution >= 0.6 is 24.8 Å². The lowest BCUT2D eigenvalue weighted by atomic mass is 9.95. The lowest BCUT2D eigenvalue weighted by Gasteiger charge is -2.22. The van der Waals surface area contributed by atoms with E-state index in [-0.39, 0.29) is 30.7 Å². The molecule has 2 aromatic carbocycles. The van der Waals surface area contributed by atoms with Gasteiger partial charge in [-0.2, -0.15) is 0 Å². The van der Waals surface area contributed by atoms with E-state index in [0.717, 1.165) is 60.6 Å². The Labute approximate surface area is 198 Å². The number of carbonyl (C=O) groups is 1. The Hall–Kier alpha value is -1.53. The fraction of sp³-hybridized carbons (Fsp3) is 0.542. The third-order valence-corrected chi connectivity index (χ3v) is 5.74. The van der Waals surface area contributed by atoms with Crippen molar-refractivity contribution in [3.05, 3.63) is 42.0 Å². The van der Waals surface area contributed by atoms with Crippen molar-refractivity contribution in [2.75, 3.05) is 33.3 Å². The number of hydrogen-bond acceptors (Lipinski definition) is 4. The molecule has 3 N–H and O–H groups in total. The maximum absolute atomic E-state index is 12.6. The van der Waals surface area contributed by atoms with E-state index in [2.05, 4.69) is 16.0 Å². The summed E-state index contributed by atoms with van der Waals surface area (Å²) < 4.78 is 5.27. The smallest absolute Gasteiger partial charge is 0.251 e. The molecule has 0 radical (unpaired) electrons. The van der Waals surface area contributed by atoms with Crippen molar-refractivity contribution in [2.24, 2.45) is 0 Å². The summed E-state index contributed by atoms with van der Waals surface area (Å²) in [4.78, 5) is 12.6. The number of benzene rings is 2. The molecule has 1 fully saturated rings. The number of hydrogen-bond donors (Lipinski definition) is 3. The molecule has 0 aromatic heterocycles. The van der Waals surface area contributed by atoms with Crippen molar-refractivity contribution >= 4 is 41.5 Å². The number of carbonyl (C=O) groups excluding carboxylic acids is 1. The Bertz CT molecular complexity index is 783. The van der Waals surface area contributed by atoms with Crippen LogP contribution in [0.2, 0.25) is 0 Å². The fourth-order valence-corrected chi connectivity index (χ4v) is 4.06. The number of amides is 1. The highest BCUT2D eigenvalue weighted by atomic mass is 35.5. The minimum atomic E-state index is -0.00888. The zero-order valence-corrected chi connectivity index (χ0v) is 20.1. The minimum Gasteiger partial charge on any atom is -0.497 e. The molecule has 0 saturated heterocycles. The molecule has 5 nitrogen and oxygen atoms in total. The minimum absolute atomic E-state index is 0. The second-order valence-electron chi connectivity index (χ2n) is 7.89. The van der Waals surface area contributed by atoms with E-state index in [0.29, 0.717) is 6.54 Å². The lowest BCUT2D eigenvalue weighted by Crippen LogP contribution is -2.36. The number of methoxy groups -OCH3 is 1. The average molecular weight is 470 g/mol. The van der Waals surface area contributed by atoms with Gasteiger partial charge in [0.15, 0.2) is 0 Å². The molecule has 0 heterocycles. The van der Waals surface area contributed by atoms with Crippen LogP contribution in [0.5, 0.6) is 5.75 Å². The zero-order chi connectivity index (χ0) is 20.3. The largest absolute Gasteiger partial charge is 0.497 e. The van der Waals surface area contributed by atoms with Crippen LogP contribution in [-0.2, 0) is 0 Å². The van der Waals surface area contributed by atoms with Gasteiger partial charge in [0.1, 0.15) is 5.75 Å². The van der Waals surface area contributed by atoms with Crippen LogP contribution < -0.4 is 20.7 Å². The van der Waals surface area contributed by atoms with Crippen LogP contribution in [0.25, 0.3) is 10.8 Å². The molecule has 7 heteroatoms. The van der Waals surface area contributed by atoms with Crippen LogP contribution in [-0.4, -0.2) is 45.2 Å². The summed E-state index contributed by atoms with van der Waals surface area (Å²) in [6.07, 6.45) is 8.88. The standard InChI is InChI=1S/C24H35N3O2.2ClH/c1-29-21-12-13-22-19(18-21)8-7-11-23(22)24(28)27-15-6-5-14-25-16-17-26-20-9-3-2-4-10-20;;/h7-8,11-13,18,20,25-26H,2-6,9-10,14-17H2,1H3,(H,27,28);2*1H. The van der Waals surface area contributed by atoms with Crippen LogP contribution in [0.3, 0.4) is 0 Å². The molecule has 1 aliphatic rings. The van der Waals surface area contributed by atoms with Crippen LogP contribution in [0.4, 0.5) is 0 Å². The number of ether oxygens (including phenoxy) is 1. The molecule has 0 bridgehead atoms. The first-order valence-electron chi connectivity index (χ1n) is 11.1. The maximum atomic E-state index is 12.6. The molecule has 0 unspecified atom stereocenters. The average Bonchev–Trinajstić information content (AvgIpc) is 2.77. The molecule has 174 valence electrons. The Morgan fingerprint density at radius 3 is 2.52 bits per heavy atom. The molecule has 1 saturated carbocycles. The van der Waals surface area contributed by atoms with E-state index in [9.17, 15) is 4.79 Å². The van der Waals surface area contributed by atoms with Gasteiger partial charge in [0.2, 0.25) is 0 Å². The van der Waals surface area contributed by atoms with Crippen molar-refractivity contribution in [3.63, 3.8) is 0 Å². The fourth-order valence-electron chi connectivity index (χ4n) is 4.06. The van der Waals surface area contributed by atoms with Gasteiger partial charge in [-0.25, -0.2) is 0 Å². The first-order valence-corrected chi connectivity index (χ1v) is 11.1. The number of fused-ring (bicyclic) bond motifs is 1. The lowest BCUT2D eigenvalue weighted by molar-refractivity contribution is 0.0954. The molecule has 0 spiro atoms. The maximum Gasteiger partial charge on any atom is 0.251 e. The molecule has 0 atom stereocenters. The summed E-state index contributed by atoms with van der Waals surface area (Å²) >= 11 is 0. The summed E-state index contributed by atoms with van der Waals surface area (Å²) in [5.74, 6) is 0.793. The number of halogens is 2. The van der Waals surface area contributed by atoms with E-state index >= 15 is 0 Å². The summed E-state index contributed by atoms with van der Waals surface area (Å²) in [7, 11) is 1.65. The van der Waals surface area contributed by atoms with E-state index in [1.807, 2.05) is 36.4 Å². The van der Waals surface area contributed by atoms with Gasteiger partial charge < -0.3 is 20.7 Å². The van der Waals surface area contributed by atoms with Crippen molar-refractivity contribution < 1.29 is 9.53 Å². The zero-order valence-electron chi connectivity index (χ0n) is 18.5. The van der Waals surface area contributed by atoms with Gasteiger partial charge in [0.05, 0.1) is 7.11 Å². The van der Waals surface area contributed by atoms with E-state index in [1.54, 1.807) is 7.11 Å². The molecule has 1 aliphatic carbocycles. The normalized spacial score (nSPS) is 13.8. The van der Waals surface area contributed by atoms with Crippen LogP contribution in [0.1, 0.15) is 55.3 Å². The Morgan fingerprint density at radius 1 is 0.968 bits per heavy atom. The highest BCUT2D eigenvalue weighted by molar-refractivity contribution is 6.07. The number of nitrogens with one attached hydrogen (secondary N) is 3. The SMILES string of the molecule is COc1ccc2c(C(=O)NCCCCNCCNC3CCCCC3)cccc2c1.Cl.Cl. The van der Waals surface area contributed by atoms with Gasteiger partial charge >= 0.3 is 0 Å². The Morgan fingerprint density at radius 2 is 1.74 bits per heavy atom. The van der Waals surface area contributed by atoms with E-state index < -0.39 is 0 Å². The van der Waals surface area contributed by atoms with Crippen molar-refractivity contribution in [2.45, 2.75) is 51.0 Å². The van der Waals surface area contributed by atoms with Gasteiger partial charge in [-0.05, 0) is 67.3 Å². The molecular formula is C24H37Cl2N3O2. The molecule has 2 aromatic rings. The predicted octanol–water partition coefficient (Wildman–Crippen LogP) is 4.71. The second kappa shape index (κ2) is 15.3. The summed E-state index contributed by atoms with van der Waals surface area (Å²) in [5, 5.41) is 12.2. The van der Waals surface area contributed by atoms with Crippen LogP contribution in [0, 0.1) is 0 Å². The number of unbranched alkanes of at least 4 members (excludes halogenated alkanes) is 1. The monoisotopic (exact) mass is 469 g/mol. The molecule has 0 aliphatic heterocycles. The topological polar surface area (TPSA) is 62.4 Å². The molecular weight excluding hydrogens is 433 g/mol. The molecule has 31 heavy (non-hydrogen) atoms. The number of rotatable bonds is 11. The van der Waals surface area contributed by atoms with Crippen molar-refractivity contribution in [1.82, 2.24) is 16.0 Å². The van der Waals surface area contributed by atoms with Gasteiger partial charge in [0.25, 0.3) is 5.91 Å². The summed E-state index contributed by atoms with van der Waals surface area (Å²) in [6, 6.07) is 12.3. The van der Waals surface area contributed by atoms with Crippen LogP contribution in [0.15, 0.2) is 36.4 Å². The van der Waals surface area contributed by atoms with Gasteiger partial charge in [-0.3, -0.25) is 4.79 Å².